The summed E-state index contributed by atoms with van der Waals surface area (Å²) < 4.78 is 2.22. The van der Waals surface area contributed by atoms with Gasteiger partial charge in [-0.25, -0.2) is 4.98 Å². The molecule has 0 saturated carbocycles. The topological polar surface area (TPSA) is 46.9 Å². The van der Waals surface area contributed by atoms with Gasteiger partial charge in [0.25, 0.3) is 0 Å². The number of nitrogens with one attached hydrogen (secondary N) is 1. The fraction of sp³-hybridized carbons (Fsp3) is 0.212. The molecule has 0 radical (unpaired) electrons. The monoisotopic (exact) mass is 555 g/mol. The highest BCUT2D eigenvalue weighted by atomic mass is 35.5. The summed E-state index contributed by atoms with van der Waals surface area (Å²) in [5, 5.41) is 4.39. The number of unbranched alkanes of at least 4 members (excludes halogenated alkanes) is 2. The van der Waals surface area contributed by atoms with Gasteiger partial charge >= 0.3 is 0 Å². The molecule has 0 unspecified atom stereocenters. The molecular weight excluding hydrogens is 525 g/mol. The molecule has 0 atom stereocenters. The Morgan fingerprint density at radius 2 is 1.44 bits per heavy atom. The molecule has 5 aromatic rings. The van der Waals surface area contributed by atoms with E-state index in [1.165, 1.54) is 5.56 Å². The van der Waals surface area contributed by atoms with E-state index in [2.05, 4.69) is 40.2 Å². The van der Waals surface area contributed by atoms with Crippen molar-refractivity contribution in [3.8, 4) is 11.1 Å². The summed E-state index contributed by atoms with van der Waals surface area (Å²) in [5.74, 6) is 1.08. The van der Waals surface area contributed by atoms with Crippen molar-refractivity contribution in [1.82, 2.24) is 14.9 Å². The van der Waals surface area contributed by atoms with E-state index in [-0.39, 0.29) is 5.91 Å². The van der Waals surface area contributed by atoms with Crippen molar-refractivity contribution in [2.75, 3.05) is 6.54 Å². The Labute approximate surface area is 239 Å². The smallest absolute Gasteiger partial charge is 0.224 e. The van der Waals surface area contributed by atoms with Crippen LogP contribution < -0.4 is 5.32 Å². The van der Waals surface area contributed by atoms with Gasteiger partial charge in [-0.1, -0.05) is 102 Å². The molecule has 0 aliphatic heterocycles. The molecule has 4 aromatic carbocycles. The van der Waals surface area contributed by atoms with Crippen LogP contribution in [-0.2, 0) is 24.2 Å². The molecule has 0 bridgehead atoms. The minimum absolute atomic E-state index is 0.0564. The van der Waals surface area contributed by atoms with E-state index in [0.717, 1.165) is 59.2 Å². The van der Waals surface area contributed by atoms with Crippen molar-refractivity contribution in [1.29, 1.82) is 0 Å². The second kappa shape index (κ2) is 13.0. The number of imidazole rings is 1. The maximum Gasteiger partial charge on any atom is 0.224 e. The van der Waals surface area contributed by atoms with E-state index in [0.29, 0.717) is 29.6 Å². The zero-order valence-electron chi connectivity index (χ0n) is 21.7. The highest BCUT2D eigenvalue weighted by Crippen LogP contribution is 2.28. The molecule has 0 aliphatic carbocycles. The lowest BCUT2D eigenvalue weighted by Crippen LogP contribution is -2.26. The van der Waals surface area contributed by atoms with E-state index in [1.54, 1.807) is 0 Å². The molecule has 6 heteroatoms. The molecule has 5 rings (SSSR count). The number of halogens is 2. The van der Waals surface area contributed by atoms with Crippen molar-refractivity contribution < 1.29 is 4.79 Å². The first-order chi connectivity index (χ1) is 19.1. The van der Waals surface area contributed by atoms with Gasteiger partial charge in [-0.3, -0.25) is 4.79 Å². The number of hydrogen-bond donors (Lipinski definition) is 1. The molecule has 1 amide bonds. The largest absolute Gasteiger partial charge is 0.356 e. The number of rotatable bonds is 11. The van der Waals surface area contributed by atoms with Crippen LogP contribution in [0.2, 0.25) is 10.0 Å². The number of nitrogens with zero attached hydrogens (tertiary/aromatic N) is 2. The third-order valence-electron chi connectivity index (χ3n) is 6.94. The summed E-state index contributed by atoms with van der Waals surface area (Å²) in [7, 11) is 0. The average molecular weight is 557 g/mol. The Bertz CT molecular complexity index is 1520. The average Bonchev–Trinajstić information content (AvgIpc) is 3.30. The number of aromatic nitrogens is 2. The second-order valence-corrected chi connectivity index (χ2v) is 10.5. The summed E-state index contributed by atoms with van der Waals surface area (Å²) in [6, 6.07) is 32.2. The number of carbonyl (C=O) groups is 1. The minimum atomic E-state index is 0.0564. The quantitative estimate of drug-likeness (QED) is 0.167. The third-order valence-corrected chi connectivity index (χ3v) is 7.64. The van der Waals surface area contributed by atoms with E-state index < -0.39 is 0 Å². The summed E-state index contributed by atoms with van der Waals surface area (Å²) in [6.07, 6.45) is 4.15. The number of para-hydroxylation sites is 2. The van der Waals surface area contributed by atoms with Crippen LogP contribution in [0.4, 0.5) is 0 Å². The lowest BCUT2D eigenvalue weighted by atomic mass is 10.0. The first-order valence-electron chi connectivity index (χ1n) is 13.4. The number of aryl methyl sites for hydroxylation is 1. The molecule has 0 saturated heterocycles. The van der Waals surface area contributed by atoms with Gasteiger partial charge in [0, 0.05) is 28.6 Å². The molecular formula is C33H31Cl2N3O. The molecule has 0 fully saturated rings. The summed E-state index contributed by atoms with van der Waals surface area (Å²) in [5.41, 5.74) is 6.31. The summed E-state index contributed by atoms with van der Waals surface area (Å²) in [6.45, 7) is 1.25. The van der Waals surface area contributed by atoms with Crippen LogP contribution >= 0.6 is 23.2 Å². The maximum atomic E-state index is 12.4. The number of carbonyl (C=O) groups excluding carboxylic acids is 1. The zero-order valence-corrected chi connectivity index (χ0v) is 23.3. The number of amides is 1. The Morgan fingerprint density at radius 1 is 0.744 bits per heavy atom. The van der Waals surface area contributed by atoms with Crippen LogP contribution in [0, 0.1) is 0 Å². The highest BCUT2D eigenvalue weighted by molar-refractivity contribution is 6.36. The van der Waals surface area contributed by atoms with Gasteiger partial charge in [-0.05, 0) is 53.8 Å². The fourth-order valence-corrected chi connectivity index (χ4v) is 5.36. The van der Waals surface area contributed by atoms with Gasteiger partial charge in [-0.2, -0.15) is 0 Å². The van der Waals surface area contributed by atoms with Crippen LogP contribution in [0.15, 0.2) is 97.1 Å². The van der Waals surface area contributed by atoms with Crippen LogP contribution in [0.3, 0.4) is 0 Å². The molecule has 0 aliphatic rings. The summed E-state index contributed by atoms with van der Waals surface area (Å²) in [4.78, 5) is 17.3. The van der Waals surface area contributed by atoms with Crippen molar-refractivity contribution in [2.45, 2.75) is 38.6 Å². The van der Waals surface area contributed by atoms with E-state index in [9.17, 15) is 4.79 Å². The second-order valence-electron chi connectivity index (χ2n) is 9.70. The van der Waals surface area contributed by atoms with E-state index >= 15 is 0 Å². The van der Waals surface area contributed by atoms with Crippen LogP contribution in [0.25, 0.3) is 22.2 Å². The first-order valence-corrected chi connectivity index (χ1v) is 14.1. The van der Waals surface area contributed by atoms with Gasteiger partial charge in [0.05, 0.1) is 24.0 Å². The Kier molecular flexibility index (Phi) is 8.97. The van der Waals surface area contributed by atoms with Crippen molar-refractivity contribution in [2.24, 2.45) is 0 Å². The zero-order chi connectivity index (χ0) is 27.0. The van der Waals surface area contributed by atoms with Crippen LogP contribution in [0.1, 0.15) is 36.2 Å². The van der Waals surface area contributed by atoms with Crippen molar-refractivity contribution in [3.05, 3.63) is 124 Å². The number of fused-ring (bicyclic) bond motifs is 1. The molecule has 39 heavy (non-hydrogen) atoms. The highest BCUT2D eigenvalue weighted by Gasteiger charge is 2.14. The fourth-order valence-electron chi connectivity index (χ4n) is 4.84. The maximum absolute atomic E-state index is 12.4. The molecule has 0 spiro atoms. The molecule has 1 heterocycles. The molecule has 198 valence electrons. The van der Waals surface area contributed by atoms with Gasteiger partial charge < -0.3 is 9.88 Å². The van der Waals surface area contributed by atoms with Crippen molar-refractivity contribution >= 4 is 40.1 Å². The SMILES string of the molecule is O=C(Cc1ccc(-c2ccccc2)cc1)NCCCCCc1nc2ccccc2n1Cc1c(Cl)cccc1Cl. The predicted molar refractivity (Wildman–Crippen MR) is 161 cm³/mol. The van der Waals surface area contributed by atoms with Crippen LogP contribution in [0.5, 0.6) is 0 Å². The van der Waals surface area contributed by atoms with Crippen molar-refractivity contribution in [3.63, 3.8) is 0 Å². The Balaban J connectivity index is 1.10. The third kappa shape index (κ3) is 6.89. The first kappa shape index (κ1) is 27.0. The number of benzene rings is 4. The molecule has 1 N–H and O–H groups in total. The Morgan fingerprint density at radius 3 is 2.21 bits per heavy atom. The molecule has 4 nitrogen and oxygen atoms in total. The Hall–Kier alpha value is -3.60. The van der Waals surface area contributed by atoms with E-state index in [1.807, 2.05) is 66.7 Å². The van der Waals surface area contributed by atoms with Gasteiger partial charge in [-0.15, -0.1) is 0 Å². The minimum Gasteiger partial charge on any atom is -0.356 e. The summed E-state index contributed by atoms with van der Waals surface area (Å²) >= 11 is 12.9. The standard InChI is InChI=1S/C33H31Cl2N3O/c34-28-12-9-13-29(35)27(28)23-38-31-15-7-6-14-30(31)37-32(38)16-5-2-8-21-36-33(39)22-24-17-19-26(20-18-24)25-10-3-1-4-11-25/h1,3-4,6-7,9-15,17-20H,2,5,8,16,21-23H2,(H,36,39). The lowest BCUT2D eigenvalue weighted by molar-refractivity contribution is -0.120. The van der Waals surface area contributed by atoms with Crippen LogP contribution in [-0.4, -0.2) is 22.0 Å². The lowest BCUT2D eigenvalue weighted by Gasteiger charge is -2.12. The van der Waals surface area contributed by atoms with Gasteiger partial charge in [0.15, 0.2) is 0 Å². The van der Waals surface area contributed by atoms with E-state index in [4.69, 9.17) is 28.2 Å². The van der Waals surface area contributed by atoms with Gasteiger partial charge in [0.1, 0.15) is 5.82 Å². The van der Waals surface area contributed by atoms with Gasteiger partial charge in [0.2, 0.25) is 5.91 Å². The predicted octanol–water partition coefficient (Wildman–Crippen LogP) is 8.13. The normalized spacial score (nSPS) is 11.1. The number of hydrogen-bond acceptors (Lipinski definition) is 2. The molecule has 1 aromatic heterocycles.